The van der Waals surface area contributed by atoms with Gasteiger partial charge in [-0.1, -0.05) is 30.6 Å². The Morgan fingerprint density at radius 1 is 1.22 bits per heavy atom. The lowest BCUT2D eigenvalue weighted by Crippen LogP contribution is -2.25. The van der Waals surface area contributed by atoms with E-state index in [9.17, 15) is 9.90 Å². The monoisotopic (exact) mass is 383 g/mol. The lowest BCUT2D eigenvalue weighted by molar-refractivity contribution is -0.120. The maximum Gasteiger partial charge on any atom is 0.228 e. The fourth-order valence-corrected chi connectivity index (χ4v) is 4.30. The van der Waals surface area contributed by atoms with Crippen LogP contribution in [0.3, 0.4) is 0 Å². The summed E-state index contributed by atoms with van der Waals surface area (Å²) < 4.78 is 0. The molecule has 4 rings (SSSR count). The van der Waals surface area contributed by atoms with E-state index in [-0.39, 0.29) is 18.4 Å². The zero-order valence-electron chi connectivity index (χ0n) is 15.1. The third-order valence-corrected chi connectivity index (χ3v) is 5.88. The molecule has 1 aliphatic carbocycles. The van der Waals surface area contributed by atoms with Crippen LogP contribution in [0.15, 0.2) is 18.5 Å². The Morgan fingerprint density at radius 3 is 2.74 bits per heavy atom. The minimum atomic E-state index is -0.160. The van der Waals surface area contributed by atoms with Gasteiger partial charge in [-0.25, -0.2) is 4.98 Å². The predicted octanol–water partition coefficient (Wildman–Crippen LogP) is 3.47. The molecule has 1 amide bonds. The molecule has 0 radical (unpaired) electrons. The molecular formula is C19H21N5O2S. The lowest BCUT2D eigenvalue weighted by atomic mass is 9.89. The van der Waals surface area contributed by atoms with Gasteiger partial charge in [0.25, 0.3) is 0 Å². The molecule has 0 atom stereocenters. The number of aryl methyl sites for hydroxylation is 1. The largest absolute Gasteiger partial charge is 0.392 e. The number of hydrogen-bond acceptors (Lipinski definition) is 7. The number of aliphatic hydroxyl groups excluding tert-OH is 1. The number of fused-ring (bicyclic) bond motifs is 1. The number of pyridine rings is 2. The Labute approximate surface area is 160 Å². The van der Waals surface area contributed by atoms with Crippen molar-refractivity contribution in [1.29, 1.82) is 0 Å². The molecular weight excluding hydrogens is 362 g/mol. The van der Waals surface area contributed by atoms with E-state index in [2.05, 4.69) is 25.5 Å². The number of hydrogen-bond donors (Lipinski definition) is 2. The van der Waals surface area contributed by atoms with Crippen molar-refractivity contribution in [3.63, 3.8) is 0 Å². The molecule has 1 saturated carbocycles. The highest BCUT2D eigenvalue weighted by atomic mass is 32.1. The zero-order valence-corrected chi connectivity index (χ0v) is 15.9. The van der Waals surface area contributed by atoms with Crippen molar-refractivity contribution in [2.24, 2.45) is 5.92 Å². The highest BCUT2D eigenvalue weighted by molar-refractivity contribution is 7.14. The first-order valence-corrected chi connectivity index (χ1v) is 9.97. The summed E-state index contributed by atoms with van der Waals surface area (Å²) in [5.74, 6) is 0.568. The van der Waals surface area contributed by atoms with Crippen molar-refractivity contribution in [3.8, 4) is 10.6 Å². The number of carbonyl (C=O) groups excluding carboxylic acids is 1. The number of aliphatic hydroxyl groups is 1. The van der Waals surface area contributed by atoms with Crippen LogP contribution in [0.1, 0.15) is 42.7 Å². The molecule has 140 valence electrons. The molecule has 3 heterocycles. The van der Waals surface area contributed by atoms with Gasteiger partial charge in [-0.2, -0.15) is 0 Å². The number of aromatic nitrogens is 4. The molecule has 7 nitrogen and oxygen atoms in total. The predicted molar refractivity (Wildman–Crippen MR) is 104 cm³/mol. The number of nitrogens with zero attached hydrogens (tertiary/aromatic N) is 4. The minimum Gasteiger partial charge on any atom is -0.392 e. The topological polar surface area (TPSA) is 101 Å². The molecule has 0 aromatic carbocycles. The van der Waals surface area contributed by atoms with Crippen LogP contribution in [-0.4, -0.2) is 31.2 Å². The Balaban J connectivity index is 1.68. The average Bonchev–Trinajstić information content (AvgIpc) is 3.13. The number of amides is 1. The van der Waals surface area contributed by atoms with Gasteiger partial charge in [-0.3, -0.25) is 9.78 Å². The van der Waals surface area contributed by atoms with Gasteiger partial charge in [0.05, 0.1) is 18.3 Å². The lowest BCUT2D eigenvalue weighted by Gasteiger charge is -2.20. The van der Waals surface area contributed by atoms with E-state index < -0.39 is 0 Å². The van der Waals surface area contributed by atoms with E-state index >= 15 is 0 Å². The second-order valence-corrected chi connectivity index (χ2v) is 8.03. The molecule has 2 N–H and O–H groups in total. The van der Waals surface area contributed by atoms with Crippen LogP contribution < -0.4 is 5.32 Å². The van der Waals surface area contributed by atoms with Crippen LogP contribution in [0, 0.1) is 12.8 Å². The minimum absolute atomic E-state index is 0.0240. The molecule has 0 aliphatic heterocycles. The number of rotatable bonds is 4. The van der Waals surface area contributed by atoms with Crippen LogP contribution in [0.2, 0.25) is 0 Å². The summed E-state index contributed by atoms with van der Waals surface area (Å²) in [7, 11) is 0. The molecule has 3 aromatic rings. The molecule has 1 aliphatic rings. The summed E-state index contributed by atoms with van der Waals surface area (Å²) in [6.45, 7) is 1.73. The summed E-state index contributed by atoms with van der Waals surface area (Å²) in [4.78, 5) is 21.3. The Bertz CT molecular complexity index is 981. The molecule has 3 aromatic heterocycles. The van der Waals surface area contributed by atoms with E-state index in [1.807, 2.05) is 6.92 Å². The smallest absolute Gasteiger partial charge is 0.228 e. The molecule has 8 heteroatoms. The van der Waals surface area contributed by atoms with E-state index in [0.717, 1.165) is 46.6 Å². The third kappa shape index (κ3) is 3.68. The Hall–Kier alpha value is -2.45. The SMILES string of the molecule is Cc1nnc(-c2cnc3cnc(NC(=O)C4CCCCC4)cc3c2CO)s1. The van der Waals surface area contributed by atoms with Gasteiger partial charge >= 0.3 is 0 Å². The van der Waals surface area contributed by atoms with E-state index in [1.165, 1.54) is 17.8 Å². The van der Waals surface area contributed by atoms with E-state index in [0.29, 0.717) is 16.9 Å². The van der Waals surface area contributed by atoms with Crippen molar-refractivity contribution in [3.05, 3.63) is 29.0 Å². The van der Waals surface area contributed by atoms with Gasteiger partial charge < -0.3 is 10.4 Å². The average molecular weight is 383 g/mol. The molecule has 0 bridgehead atoms. The molecule has 27 heavy (non-hydrogen) atoms. The third-order valence-electron chi connectivity index (χ3n) is 5.01. The van der Waals surface area contributed by atoms with Crippen LogP contribution in [0.25, 0.3) is 21.5 Å². The summed E-state index contributed by atoms with van der Waals surface area (Å²) >= 11 is 1.45. The first-order chi connectivity index (χ1) is 13.2. The normalized spacial score (nSPS) is 15.2. The van der Waals surface area contributed by atoms with Crippen molar-refractivity contribution in [2.45, 2.75) is 45.6 Å². The van der Waals surface area contributed by atoms with Crippen LogP contribution >= 0.6 is 11.3 Å². The maximum absolute atomic E-state index is 12.5. The molecule has 0 saturated heterocycles. The van der Waals surface area contributed by atoms with Gasteiger partial charge in [-0.05, 0) is 31.4 Å². The first kappa shape index (κ1) is 17.9. The summed E-state index contributed by atoms with van der Waals surface area (Å²) in [5, 5.41) is 23.5. The van der Waals surface area contributed by atoms with E-state index in [1.54, 1.807) is 18.5 Å². The van der Waals surface area contributed by atoms with Crippen molar-refractivity contribution < 1.29 is 9.90 Å². The second-order valence-electron chi connectivity index (χ2n) is 6.85. The standard InChI is InChI=1S/C19H21N5O2S/c1-11-23-24-19(27-11)14-8-20-16-9-21-17(7-13(16)15(14)10-25)22-18(26)12-5-3-2-4-6-12/h7-9,12,25H,2-6,10H2,1H3,(H,21,22,26). The van der Waals surface area contributed by atoms with Gasteiger partial charge in [-0.15, -0.1) is 10.2 Å². The van der Waals surface area contributed by atoms with Gasteiger partial charge in [0.2, 0.25) is 5.91 Å². The van der Waals surface area contributed by atoms with Gasteiger partial charge in [0.15, 0.2) is 0 Å². The zero-order chi connectivity index (χ0) is 18.8. The van der Waals surface area contributed by atoms with Crippen molar-refractivity contribution >= 4 is 34.0 Å². The summed E-state index contributed by atoms with van der Waals surface area (Å²) in [6, 6.07) is 1.78. The highest BCUT2D eigenvalue weighted by Crippen LogP contribution is 2.32. The van der Waals surface area contributed by atoms with Crippen molar-refractivity contribution in [2.75, 3.05) is 5.32 Å². The second kappa shape index (κ2) is 7.66. The maximum atomic E-state index is 12.5. The van der Waals surface area contributed by atoms with Crippen molar-refractivity contribution in [1.82, 2.24) is 20.2 Å². The number of anilines is 1. The quantitative estimate of drug-likeness (QED) is 0.715. The van der Waals surface area contributed by atoms with Gasteiger partial charge in [0, 0.05) is 23.1 Å². The summed E-state index contributed by atoms with van der Waals surface area (Å²) in [5.41, 5.74) is 2.14. The van der Waals surface area contributed by atoms with Gasteiger partial charge in [0.1, 0.15) is 15.8 Å². The Kier molecular flexibility index (Phi) is 5.09. The summed E-state index contributed by atoms with van der Waals surface area (Å²) in [6.07, 6.45) is 8.60. The fraction of sp³-hybridized carbons (Fsp3) is 0.421. The molecule has 0 unspecified atom stereocenters. The number of nitrogens with one attached hydrogen (secondary N) is 1. The highest BCUT2D eigenvalue weighted by Gasteiger charge is 2.22. The van der Waals surface area contributed by atoms with Crippen LogP contribution in [0.4, 0.5) is 5.82 Å². The fourth-order valence-electron chi connectivity index (χ4n) is 3.57. The van der Waals surface area contributed by atoms with Crippen LogP contribution in [-0.2, 0) is 11.4 Å². The number of carbonyl (C=O) groups is 1. The molecule has 1 fully saturated rings. The van der Waals surface area contributed by atoms with E-state index in [4.69, 9.17) is 0 Å². The Morgan fingerprint density at radius 2 is 2.04 bits per heavy atom. The molecule has 0 spiro atoms. The van der Waals surface area contributed by atoms with Crippen LogP contribution in [0.5, 0.6) is 0 Å². The first-order valence-electron chi connectivity index (χ1n) is 9.15.